The largest absolute Gasteiger partial charge is 0.480 e. The zero-order chi connectivity index (χ0) is 69.5. The zero-order valence-corrected chi connectivity index (χ0v) is 61.3. The molecule has 3 aliphatic heterocycles. The van der Waals surface area contributed by atoms with Gasteiger partial charge in [-0.15, -0.1) is 0 Å². The molecule has 0 N–H and O–H groups in total. The highest BCUT2D eigenvalue weighted by atomic mass is 127. The van der Waals surface area contributed by atoms with Crippen molar-refractivity contribution in [2.24, 2.45) is 0 Å². The molecule has 3 fully saturated rings. The Morgan fingerprint density at radius 1 is 0.396 bits per heavy atom. The summed E-state index contributed by atoms with van der Waals surface area (Å²) >= 11 is 6.14. The highest BCUT2D eigenvalue weighted by Gasteiger charge is 2.31. The predicted octanol–water partition coefficient (Wildman–Crippen LogP) is 12.5. The Hall–Kier alpha value is -8.05. The van der Waals surface area contributed by atoms with E-state index in [2.05, 4.69) is 14.7 Å². The molecule has 0 atom stereocenters. The normalized spacial score (nSPS) is 14.7. The standard InChI is InChI=1S/C72H63F3I3N12O10P/c73-52-19-46(22-55(76)28-52)37-85-4-1-49(25-67(85)91)64-40-88(70-61(64)31-58(34-79-70)82-7-13-95-14-8-82)43-98-101(94,99-44-89-41-65(62-32-59(35-80-71(62)89)83-9-15-96-16-10-83)50-2-5-86(68(92)26-50)38-47-20-53(74)29-56(77)23-47)100-45-90-42-66(63-33-60(36-81-72(63)90)84-11-17-97-18-12-84)51-3-6-87(69(93)27-51)39-48-21-54(75)30-57(78)24-48/h1-6,19-36,40-42H,7-18,37-39,43-45H2. The molecule has 3 aromatic carbocycles. The minimum Gasteiger partial charge on any atom is -0.378 e. The fraction of sp³-hybridized carbons (Fsp3) is 0.250. The number of benzene rings is 3. The quantitative estimate of drug-likeness (QED) is 0.0485. The van der Waals surface area contributed by atoms with Crippen LogP contribution in [0.1, 0.15) is 16.7 Å². The van der Waals surface area contributed by atoms with Crippen molar-refractivity contribution < 1.29 is 45.5 Å². The summed E-state index contributed by atoms with van der Waals surface area (Å²) in [6.07, 6.45) is 15.5. The smallest absolute Gasteiger partial charge is 0.378 e. The van der Waals surface area contributed by atoms with Crippen molar-refractivity contribution >= 4 is 126 Å². The molecule has 518 valence electrons. The van der Waals surface area contributed by atoms with Gasteiger partial charge in [-0.25, -0.2) is 32.7 Å². The van der Waals surface area contributed by atoms with E-state index < -0.39 is 45.5 Å². The Morgan fingerprint density at radius 3 is 0.950 bits per heavy atom. The number of hydrogen-bond acceptors (Lipinski definition) is 16. The van der Waals surface area contributed by atoms with Gasteiger partial charge >= 0.3 is 7.82 Å². The minimum absolute atomic E-state index is 0.135. The monoisotopic (exact) mass is 1720 g/mol. The average molecular weight is 1730 g/mol. The van der Waals surface area contributed by atoms with Gasteiger partial charge in [0.05, 0.1) is 94.9 Å². The highest BCUT2D eigenvalue weighted by molar-refractivity contribution is 14.1. The number of rotatable bonds is 21. The Bertz CT molecular complexity index is 4820. The molecule has 0 unspecified atom stereocenters. The number of phosphoric acid groups is 1. The van der Waals surface area contributed by atoms with Gasteiger partial charge in [-0.2, -0.15) is 0 Å². The van der Waals surface area contributed by atoms with Crippen LogP contribution in [0.4, 0.5) is 30.2 Å². The Labute approximate surface area is 616 Å². The summed E-state index contributed by atoms with van der Waals surface area (Å²) in [6.45, 7) is 5.89. The molecule has 0 radical (unpaired) electrons. The van der Waals surface area contributed by atoms with E-state index in [1.54, 1.807) is 69.5 Å². The molecular formula is C72H63F3I3N12O10P. The van der Waals surface area contributed by atoms with E-state index in [1.807, 2.05) is 122 Å². The van der Waals surface area contributed by atoms with Gasteiger partial charge in [0.1, 0.15) is 54.6 Å². The highest BCUT2D eigenvalue weighted by Crippen LogP contribution is 2.52. The van der Waals surface area contributed by atoms with E-state index in [1.165, 1.54) is 68.3 Å². The average Bonchev–Trinajstić information content (AvgIpc) is 1.64. The van der Waals surface area contributed by atoms with Crippen LogP contribution in [0, 0.1) is 28.2 Å². The number of pyridine rings is 6. The summed E-state index contributed by atoms with van der Waals surface area (Å²) in [6, 6.07) is 29.9. The number of anilines is 3. The van der Waals surface area contributed by atoms with Crippen molar-refractivity contribution in [2.75, 3.05) is 93.6 Å². The van der Waals surface area contributed by atoms with Gasteiger partial charge in [0.25, 0.3) is 16.7 Å². The first-order valence-corrected chi connectivity index (χ1v) is 37.1. The van der Waals surface area contributed by atoms with Crippen LogP contribution in [0.2, 0.25) is 0 Å². The number of hydrogen-bond donors (Lipinski definition) is 0. The molecule has 0 saturated carbocycles. The van der Waals surface area contributed by atoms with Gasteiger partial charge < -0.3 is 56.3 Å². The number of morpholine rings is 3. The summed E-state index contributed by atoms with van der Waals surface area (Å²) in [5, 5.41) is 1.96. The molecule has 15 rings (SSSR count). The molecule has 0 spiro atoms. The van der Waals surface area contributed by atoms with Gasteiger partial charge in [-0.3, -0.25) is 28.0 Å². The van der Waals surface area contributed by atoms with E-state index in [4.69, 9.17) is 42.7 Å². The molecule has 29 heteroatoms. The molecule has 0 bridgehead atoms. The molecule has 12 heterocycles. The Kier molecular flexibility index (Phi) is 20.2. The number of aromatic nitrogens is 9. The lowest BCUT2D eigenvalue weighted by atomic mass is 10.1. The fourth-order valence-electron chi connectivity index (χ4n) is 13.1. The molecule has 0 amide bonds. The van der Waals surface area contributed by atoms with Crippen LogP contribution >= 0.6 is 75.6 Å². The molecule has 3 aliphatic rings. The van der Waals surface area contributed by atoms with Crippen molar-refractivity contribution in [3.63, 3.8) is 0 Å². The third kappa shape index (κ3) is 15.4. The van der Waals surface area contributed by atoms with Crippen LogP contribution in [-0.2, 0) is 72.2 Å². The second-order valence-electron chi connectivity index (χ2n) is 24.7. The second-order valence-corrected chi connectivity index (χ2v) is 30.1. The van der Waals surface area contributed by atoms with E-state index in [0.29, 0.717) is 173 Å². The third-order valence-electron chi connectivity index (χ3n) is 18.0. The topological polar surface area (TPSA) is 202 Å². The number of halogens is 6. The lowest BCUT2D eigenvalue weighted by Crippen LogP contribution is -2.36. The van der Waals surface area contributed by atoms with E-state index in [0.717, 1.165) is 17.1 Å². The van der Waals surface area contributed by atoms with E-state index >= 15 is 4.57 Å². The summed E-state index contributed by atoms with van der Waals surface area (Å²) in [5.41, 5.74) is 8.10. The van der Waals surface area contributed by atoms with Gasteiger partial charge in [-0.05, 0) is 192 Å². The number of ether oxygens (including phenoxy) is 3. The van der Waals surface area contributed by atoms with Crippen LogP contribution in [0.15, 0.2) is 179 Å². The zero-order valence-electron chi connectivity index (χ0n) is 54.0. The van der Waals surface area contributed by atoms with Crippen molar-refractivity contribution in [2.45, 2.75) is 39.8 Å². The van der Waals surface area contributed by atoms with E-state index in [-0.39, 0.29) is 36.3 Å². The predicted molar refractivity (Wildman–Crippen MR) is 403 cm³/mol. The molecule has 12 aromatic rings. The van der Waals surface area contributed by atoms with Crippen LogP contribution in [0.25, 0.3) is 66.5 Å². The molecule has 9 aromatic heterocycles. The molecule has 0 aliphatic carbocycles. The van der Waals surface area contributed by atoms with Gasteiger partial charge in [0.15, 0.2) is 0 Å². The van der Waals surface area contributed by atoms with Crippen LogP contribution < -0.4 is 31.4 Å². The maximum absolute atomic E-state index is 16.1. The minimum atomic E-state index is -4.85. The fourth-order valence-corrected chi connectivity index (χ4v) is 16.2. The lowest BCUT2D eigenvalue weighted by molar-refractivity contribution is 0.0564. The van der Waals surface area contributed by atoms with Gasteiger partial charge in [0.2, 0.25) is 0 Å². The van der Waals surface area contributed by atoms with Crippen LogP contribution in [0.5, 0.6) is 0 Å². The van der Waals surface area contributed by atoms with Crippen molar-refractivity contribution in [1.82, 2.24) is 42.4 Å². The van der Waals surface area contributed by atoms with Gasteiger partial charge in [-0.1, -0.05) is 0 Å². The Balaban J connectivity index is 0.805. The molecule has 3 saturated heterocycles. The number of nitrogens with zero attached hydrogens (tertiary/aromatic N) is 12. The molecular weight excluding hydrogens is 1660 g/mol. The van der Waals surface area contributed by atoms with Crippen LogP contribution in [0.3, 0.4) is 0 Å². The maximum Gasteiger partial charge on any atom is 0.480 e. The van der Waals surface area contributed by atoms with E-state index in [9.17, 15) is 27.6 Å². The first-order valence-electron chi connectivity index (χ1n) is 32.4. The summed E-state index contributed by atoms with van der Waals surface area (Å²) in [7, 11) is -4.85. The maximum atomic E-state index is 16.1. The summed E-state index contributed by atoms with van der Waals surface area (Å²) < 4.78 is 108. The van der Waals surface area contributed by atoms with Crippen molar-refractivity contribution in [3.8, 4) is 33.4 Å². The van der Waals surface area contributed by atoms with Crippen molar-refractivity contribution in [3.05, 3.63) is 241 Å². The molecule has 101 heavy (non-hydrogen) atoms. The SMILES string of the molecule is O=c1cc(-c2cn(COP(=O)(OCn3cc(-c4ccn(Cc5cc(F)cc(I)c5)c(=O)c4)c4cc(N5CCOCC5)cnc43)OCn3cc(-c4ccn(Cc5cc(F)cc(I)c5)c(=O)c4)c4cc(N5CCOCC5)cnc43)c3ncc(N4CCOCC4)cc23)ccn1Cc1cc(F)cc(I)c1. The first-order chi connectivity index (χ1) is 49.0. The second kappa shape index (κ2) is 29.7. The number of phosphoric ester groups is 1. The first kappa shape index (κ1) is 68.7. The summed E-state index contributed by atoms with van der Waals surface area (Å²) in [4.78, 5) is 63.6. The van der Waals surface area contributed by atoms with Gasteiger partial charge in [0, 0.05) is 138 Å². The van der Waals surface area contributed by atoms with Crippen LogP contribution in [-0.4, -0.2) is 121 Å². The third-order valence-corrected chi connectivity index (χ3v) is 21.2. The molecule has 22 nitrogen and oxygen atoms in total. The number of fused-ring (bicyclic) bond motifs is 3. The lowest BCUT2D eigenvalue weighted by Gasteiger charge is -2.28. The van der Waals surface area contributed by atoms with Crippen molar-refractivity contribution in [1.29, 1.82) is 0 Å². The summed E-state index contributed by atoms with van der Waals surface area (Å²) in [5.74, 6) is -1.21. The Morgan fingerprint density at radius 2 is 0.683 bits per heavy atom.